The van der Waals surface area contributed by atoms with Crippen molar-refractivity contribution in [1.29, 1.82) is 0 Å². The summed E-state index contributed by atoms with van der Waals surface area (Å²) in [6.07, 6.45) is 0.255. The third-order valence-corrected chi connectivity index (χ3v) is 4.50. The van der Waals surface area contributed by atoms with E-state index in [0.29, 0.717) is 18.2 Å². The first-order valence-electron chi connectivity index (χ1n) is 8.28. The molecular weight excluding hydrogens is 350 g/mol. The van der Waals surface area contributed by atoms with Gasteiger partial charge in [0.1, 0.15) is 10.9 Å². The fraction of sp³-hybridized carbons (Fsp3) is 0.200. The molecule has 0 aliphatic rings. The Morgan fingerprint density at radius 1 is 1.19 bits per heavy atom. The Bertz CT molecular complexity index is 913. The maximum Gasteiger partial charge on any atom is 0.219 e. The maximum absolute atomic E-state index is 11.3. The molecule has 2 aromatic carbocycles. The fourth-order valence-corrected chi connectivity index (χ4v) is 3.00. The Morgan fingerprint density at radius 3 is 2.62 bits per heavy atom. The zero-order chi connectivity index (χ0) is 18.5. The van der Waals surface area contributed by atoms with Crippen LogP contribution in [-0.2, 0) is 11.3 Å². The minimum absolute atomic E-state index is 0.255. The monoisotopic (exact) mass is 369 g/mol. The molecule has 26 heavy (non-hydrogen) atoms. The number of carbonyl (C=O) groups is 1. The van der Waals surface area contributed by atoms with Crippen molar-refractivity contribution in [3.63, 3.8) is 0 Å². The SMILES string of the molecule is COc1ccc(N(CCC(N)=O)Cc2cc3ccccc3nc2Cl)cc1. The molecule has 0 bridgehead atoms. The number of benzene rings is 2. The summed E-state index contributed by atoms with van der Waals surface area (Å²) >= 11 is 6.40. The van der Waals surface area contributed by atoms with Crippen LogP contribution in [-0.4, -0.2) is 24.5 Å². The number of anilines is 1. The lowest BCUT2D eigenvalue weighted by atomic mass is 10.1. The first-order chi connectivity index (χ1) is 12.6. The second-order valence-electron chi connectivity index (χ2n) is 5.97. The summed E-state index contributed by atoms with van der Waals surface area (Å²) in [5, 5.41) is 1.48. The van der Waals surface area contributed by atoms with Gasteiger partial charge in [-0.25, -0.2) is 4.98 Å². The lowest BCUT2D eigenvalue weighted by Gasteiger charge is -2.25. The third kappa shape index (κ3) is 4.24. The van der Waals surface area contributed by atoms with Gasteiger partial charge in [-0.3, -0.25) is 4.79 Å². The number of aromatic nitrogens is 1. The number of carbonyl (C=O) groups excluding carboxylic acids is 1. The van der Waals surface area contributed by atoms with Crippen LogP contribution in [0.25, 0.3) is 10.9 Å². The molecule has 2 N–H and O–H groups in total. The molecule has 0 aliphatic carbocycles. The summed E-state index contributed by atoms with van der Waals surface area (Å²) in [5.74, 6) is 0.431. The normalized spacial score (nSPS) is 10.7. The molecule has 0 saturated heterocycles. The van der Waals surface area contributed by atoms with E-state index in [4.69, 9.17) is 22.1 Å². The number of nitrogens with two attached hydrogens (primary N) is 1. The number of ether oxygens (including phenoxy) is 1. The molecule has 6 heteroatoms. The highest BCUT2D eigenvalue weighted by atomic mass is 35.5. The van der Waals surface area contributed by atoms with Crippen LogP contribution in [0, 0.1) is 0 Å². The number of primary amides is 1. The Labute approximate surface area is 157 Å². The van der Waals surface area contributed by atoms with Crippen LogP contribution in [0.1, 0.15) is 12.0 Å². The van der Waals surface area contributed by atoms with Crippen LogP contribution in [0.4, 0.5) is 5.69 Å². The molecule has 1 amide bonds. The van der Waals surface area contributed by atoms with Crippen molar-refractivity contribution in [2.24, 2.45) is 5.73 Å². The largest absolute Gasteiger partial charge is 0.497 e. The van der Waals surface area contributed by atoms with E-state index in [2.05, 4.69) is 9.88 Å². The molecule has 1 heterocycles. The van der Waals surface area contributed by atoms with Crippen molar-refractivity contribution < 1.29 is 9.53 Å². The zero-order valence-corrected chi connectivity index (χ0v) is 15.2. The highest BCUT2D eigenvalue weighted by Crippen LogP contribution is 2.26. The average Bonchev–Trinajstić information content (AvgIpc) is 2.65. The highest BCUT2D eigenvalue weighted by Gasteiger charge is 2.13. The van der Waals surface area contributed by atoms with Crippen LogP contribution in [0.2, 0.25) is 5.15 Å². The van der Waals surface area contributed by atoms with Crippen molar-refractivity contribution in [3.05, 3.63) is 65.3 Å². The van der Waals surface area contributed by atoms with Gasteiger partial charge in [0.2, 0.25) is 5.91 Å². The molecule has 0 spiro atoms. The van der Waals surface area contributed by atoms with Gasteiger partial charge in [0.25, 0.3) is 0 Å². The third-order valence-electron chi connectivity index (χ3n) is 4.18. The Kier molecular flexibility index (Phi) is 5.58. The van der Waals surface area contributed by atoms with Gasteiger partial charge in [0.15, 0.2) is 0 Å². The molecule has 1 aromatic heterocycles. The maximum atomic E-state index is 11.3. The van der Waals surface area contributed by atoms with E-state index in [1.807, 2.05) is 54.6 Å². The number of pyridine rings is 1. The van der Waals surface area contributed by atoms with Crippen molar-refractivity contribution >= 4 is 34.1 Å². The van der Waals surface area contributed by atoms with Gasteiger partial charge in [-0.2, -0.15) is 0 Å². The highest BCUT2D eigenvalue weighted by molar-refractivity contribution is 6.30. The minimum atomic E-state index is -0.341. The van der Waals surface area contributed by atoms with Gasteiger partial charge < -0.3 is 15.4 Å². The van der Waals surface area contributed by atoms with Crippen LogP contribution in [0.5, 0.6) is 5.75 Å². The predicted molar refractivity (Wildman–Crippen MR) is 105 cm³/mol. The second-order valence-corrected chi connectivity index (χ2v) is 6.32. The number of rotatable bonds is 7. The molecule has 0 atom stereocenters. The summed E-state index contributed by atoms with van der Waals surface area (Å²) in [7, 11) is 1.63. The number of hydrogen-bond acceptors (Lipinski definition) is 4. The minimum Gasteiger partial charge on any atom is -0.497 e. The molecule has 3 rings (SSSR count). The zero-order valence-electron chi connectivity index (χ0n) is 14.5. The molecule has 0 aliphatic heterocycles. The van der Waals surface area contributed by atoms with E-state index in [1.165, 1.54) is 0 Å². The predicted octanol–water partition coefficient (Wildman–Crippen LogP) is 3.78. The number of halogens is 1. The Hall–Kier alpha value is -2.79. The number of methoxy groups -OCH3 is 1. The fourth-order valence-electron chi connectivity index (χ4n) is 2.79. The molecule has 5 nitrogen and oxygen atoms in total. The topological polar surface area (TPSA) is 68.5 Å². The summed E-state index contributed by atoms with van der Waals surface area (Å²) in [6.45, 7) is 1.01. The van der Waals surface area contributed by atoms with E-state index >= 15 is 0 Å². The lowest BCUT2D eigenvalue weighted by Crippen LogP contribution is -2.28. The van der Waals surface area contributed by atoms with Crippen LogP contribution < -0.4 is 15.4 Å². The number of para-hydroxylation sites is 1. The standard InChI is InChI=1S/C20H20ClN3O2/c1-26-17-8-6-16(7-9-17)24(11-10-19(22)25)13-15-12-14-4-2-3-5-18(14)23-20(15)21/h2-9,12H,10-11,13H2,1H3,(H2,22,25). The van der Waals surface area contributed by atoms with E-state index in [0.717, 1.165) is 27.9 Å². The molecular formula is C20H20ClN3O2. The molecule has 0 fully saturated rings. The number of nitrogens with zero attached hydrogens (tertiary/aromatic N) is 2. The lowest BCUT2D eigenvalue weighted by molar-refractivity contribution is -0.117. The first kappa shape index (κ1) is 18.0. The quantitative estimate of drug-likeness (QED) is 0.643. The van der Waals surface area contributed by atoms with Crippen LogP contribution >= 0.6 is 11.6 Å². The molecule has 0 radical (unpaired) electrons. The van der Waals surface area contributed by atoms with Crippen molar-refractivity contribution in [2.45, 2.75) is 13.0 Å². The molecule has 0 unspecified atom stereocenters. The van der Waals surface area contributed by atoms with Crippen LogP contribution in [0.15, 0.2) is 54.6 Å². The second kappa shape index (κ2) is 8.06. The van der Waals surface area contributed by atoms with E-state index in [-0.39, 0.29) is 12.3 Å². The number of amides is 1. The van der Waals surface area contributed by atoms with Gasteiger partial charge in [-0.15, -0.1) is 0 Å². The Morgan fingerprint density at radius 2 is 1.92 bits per heavy atom. The van der Waals surface area contributed by atoms with Crippen molar-refractivity contribution in [3.8, 4) is 5.75 Å². The number of hydrogen-bond donors (Lipinski definition) is 1. The van der Waals surface area contributed by atoms with Gasteiger partial charge in [-0.1, -0.05) is 29.8 Å². The van der Waals surface area contributed by atoms with E-state index in [1.54, 1.807) is 7.11 Å². The summed E-state index contributed by atoms with van der Waals surface area (Å²) < 4.78 is 5.21. The number of fused-ring (bicyclic) bond motifs is 1. The first-order valence-corrected chi connectivity index (χ1v) is 8.66. The Balaban J connectivity index is 1.91. The van der Waals surface area contributed by atoms with Gasteiger partial charge in [-0.05, 0) is 36.4 Å². The molecule has 134 valence electrons. The summed E-state index contributed by atoms with van der Waals surface area (Å²) in [5.41, 5.74) is 8.04. The summed E-state index contributed by atoms with van der Waals surface area (Å²) in [6, 6.07) is 17.5. The summed E-state index contributed by atoms with van der Waals surface area (Å²) in [4.78, 5) is 17.8. The van der Waals surface area contributed by atoms with Crippen molar-refractivity contribution in [1.82, 2.24) is 4.98 Å². The van der Waals surface area contributed by atoms with E-state index in [9.17, 15) is 4.79 Å². The van der Waals surface area contributed by atoms with Gasteiger partial charge >= 0.3 is 0 Å². The molecule has 3 aromatic rings. The van der Waals surface area contributed by atoms with Gasteiger partial charge in [0.05, 0.1) is 12.6 Å². The smallest absolute Gasteiger partial charge is 0.219 e. The van der Waals surface area contributed by atoms with Crippen molar-refractivity contribution in [2.75, 3.05) is 18.6 Å². The average molecular weight is 370 g/mol. The van der Waals surface area contributed by atoms with Crippen LogP contribution in [0.3, 0.4) is 0 Å². The van der Waals surface area contributed by atoms with Gasteiger partial charge in [0, 0.05) is 36.1 Å². The molecule has 0 saturated carbocycles. The van der Waals surface area contributed by atoms with E-state index < -0.39 is 0 Å².